The Morgan fingerprint density at radius 1 is 1.00 bits per heavy atom. The standard InChI is InChI=1S/C38H30IN3O6S/c1-4-47-37(44)32-33(24-12-6-5-7-13-24)41-38-42(34(32)27-16-10-11-17-29(27)45-2)36(43)31(49-38)20-23-18-28(39)35(30(19-23)46-3)48-22-26-15-9-8-14-25(26)21-40/h5-20,34H,4,22H2,1-3H3/t34-/m0/s1. The fourth-order valence-electron chi connectivity index (χ4n) is 5.65. The Labute approximate surface area is 300 Å². The van der Waals surface area contributed by atoms with Crippen LogP contribution in [0.2, 0.25) is 0 Å². The summed E-state index contributed by atoms with van der Waals surface area (Å²) < 4.78 is 25.8. The molecule has 1 aliphatic rings. The Morgan fingerprint density at radius 3 is 2.45 bits per heavy atom. The second-order valence-corrected chi connectivity index (χ2v) is 12.9. The molecule has 0 saturated carbocycles. The molecule has 9 nitrogen and oxygen atoms in total. The van der Waals surface area contributed by atoms with Gasteiger partial charge in [-0.05, 0) is 65.4 Å². The van der Waals surface area contributed by atoms with Gasteiger partial charge in [-0.15, -0.1) is 0 Å². The van der Waals surface area contributed by atoms with Crippen molar-refractivity contribution in [1.29, 1.82) is 5.26 Å². The maximum Gasteiger partial charge on any atom is 0.338 e. The fourth-order valence-corrected chi connectivity index (χ4v) is 7.43. The van der Waals surface area contributed by atoms with Crippen molar-refractivity contribution < 1.29 is 23.7 Å². The van der Waals surface area contributed by atoms with Crippen LogP contribution in [-0.4, -0.2) is 31.4 Å². The smallest absolute Gasteiger partial charge is 0.338 e. The van der Waals surface area contributed by atoms with E-state index in [2.05, 4.69) is 28.7 Å². The minimum absolute atomic E-state index is 0.151. The molecule has 5 aromatic rings. The lowest BCUT2D eigenvalue weighted by molar-refractivity contribution is -0.138. The minimum Gasteiger partial charge on any atom is -0.496 e. The number of nitriles is 1. The number of halogens is 1. The quantitative estimate of drug-likeness (QED) is 0.126. The zero-order valence-corrected chi connectivity index (χ0v) is 29.8. The number of para-hydroxylation sites is 1. The number of fused-ring (bicyclic) bond motifs is 1. The minimum atomic E-state index is -0.870. The SMILES string of the molecule is CCOC(=O)C1=C(c2ccccc2)N=c2sc(=Cc3cc(I)c(OCc4ccccc4C#N)c(OC)c3)c(=O)n2[C@H]1c1ccccc1OC. The summed E-state index contributed by atoms with van der Waals surface area (Å²) in [5.41, 5.74) is 3.70. The molecule has 246 valence electrons. The van der Waals surface area contributed by atoms with Gasteiger partial charge in [0.15, 0.2) is 16.3 Å². The number of carbonyl (C=O) groups is 1. The second kappa shape index (κ2) is 14.9. The van der Waals surface area contributed by atoms with Crippen LogP contribution in [0.1, 0.15) is 40.8 Å². The van der Waals surface area contributed by atoms with Gasteiger partial charge in [-0.1, -0.05) is 78.1 Å². The maximum atomic E-state index is 14.4. The summed E-state index contributed by atoms with van der Waals surface area (Å²) in [7, 11) is 3.10. The van der Waals surface area contributed by atoms with Crippen molar-refractivity contribution in [3.8, 4) is 23.3 Å². The van der Waals surface area contributed by atoms with Gasteiger partial charge in [0.1, 0.15) is 18.4 Å². The number of hydrogen-bond acceptors (Lipinski definition) is 9. The molecular formula is C38H30IN3O6S. The van der Waals surface area contributed by atoms with Crippen LogP contribution < -0.4 is 29.1 Å². The maximum absolute atomic E-state index is 14.4. The third-order valence-electron chi connectivity index (χ3n) is 7.87. The van der Waals surface area contributed by atoms with Gasteiger partial charge in [0, 0.05) is 16.7 Å². The number of hydrogen-bond donors (Lipinski definition) is 0. The molecule has 1 aliphatic heterocycles. The molecule has 6 rings (SSSR count). The third-order valence-corrected chi connectivity index (χ3v) is 9.65. The highest BCUT2D eigenvalue weighted by Crippen LogP contribution is 2.39. The van der Waals surface area contributed by atoms with E-state index in [1.54, 1.807) is 50.0 Å². The Morgan fingerprint density at radius 2 is 1.71 bits per heavy atom. The van der Waals surface area contributed by atoms with Gasteiger partial charge in [-0.3, -0.25) is 9.36 Å². The van der Waals surface area contributed by atoms with Crippen LogP contribution in [0.3, 0.4) is 0 Å². The zero-order valence-electron chi connectivity index (χ0n) is 26.8. The molecule has 2 heterocycles. The number of rotatable bonds is 10. The van der Waals surface area contributed by atoms with Crippen LogP contribution in [-0.2, 0) is 16.1 Å². The fraction of sp³-hybridized carbons (Fsp3) is 0.158. The molecule has 0 N–H and O–H groups in total. The Hall–Kier alpha value is -5.19. The predicted molar refractivity (Wildman–Crippen MR) is 195 cm³/mol. The Bertz CT molecular complexity index is 2310. The van der Waals surface area contributed by atoms with E-state index in [4.69, 9.17) is 23.9 Å². The number of ether oxygens (including phenoxy) is 4. The molecule has 0 bridgehead atoms. The van der Waals surface area contributed by atoms with Gasteiger partial charge in [0.05, 0.1) is 51.8 Å². The van der Waals surface area contributed by atoms with Crippen LogP contribution in [0, 0.1) is 14.9 Å². The highest BCUT2D eigenvalue weighted by atomic mass is 127. The van der Waals surface area contributed by atoms with E-state index in [1.807, 2.05) is 72.8 Å². The lowest BCUT2D eigenvalue weighted by Crippen LogP contribution is -2.40. The summed E-state index contributed by atoms with van der Waals surface area (Å²) in [5, 5.41) is 9.48. The van der Waals surface area contributed by atoms with Gasteiger partial charge in [-0.2, -0.15) is 5.26 Å². The van der Waals surface area contributed by atoms with Gasteiger partial charge in [0.2, 0.25) is 0 Å². The number of carbonyl (C=O) groups excluding carboxylic acids is 1. The first-order valence-corrected chi connectivity index (χ1v) is 17.2. The summed E-state index contributed by atoms with van der Waals surface area (Å²) in [6.45, 7) is 2.08. The van der Waals surface area contributed by atoms with Crippen molar-refractivity contribution in [3.05, 3.63) is 148 Å². The highest BCUT2D eigenvalue weighted by Gasteiger charge is 2.36. The van der Waals surface area contributed by atoms with Crippen molar-refractivity contribution >= 4 is 51.7 Å². The first-order valence-electron chi connectivity index (χ1n) is 15.3. The number of aromatic nitrogens is 1. The average Bonchev–Trinajstić information content (AvgIpc) is 3.44. The van der Waals surface area contributed by atoms with E-state index in [0.29, 0.717) is 49.0 Å². The zero-order chi connectivity index (χ0) is 34.5. The molecule has 11 heteroatoms. The summed E-state index contributed by atoms with van der Waals surface area (Å²) in [6.07, 6.45) is 1.78. The first-order chi connectivity index (χ1) is 23.9. The topological polar surface area (TPSA) is 112 Å². The highest BCUT2D eigenvalue weighted by molar-refractivity contribution is 14.1. The van der Waals surface area contributed by atoms with Gasteiger partial charge < -0.3 is 18.9 Å². The molecule has 0 aliphatic carbocycles. The van der Waals surface area contributed by atoms with Crippen molar-refractivity contribution in [2.24, 2.45) is 4.99 Å². The summed E-state index contributed by atoms with van der Waals surface area (Å²) in [4.78, 5) is 33.5. The Balaban J connectivity index is 1.51. The number of esters is 1. The van der Waals surface area contributed by atoms with Crippen LogP contribution in [0.15, 0.2) is 106 Å². The number of methoxy groups -OCH3 is 2. The molecule has 0 saturated heterocycles. The van der Waals surface area contributed by atoms with Gasteiger partial charge in [-0.25, -0.2) is 9.79 Å². The summed E-state index contributed by atoms with van der Waals surface area (Å²) in [6, 6.07) is 29.0. The van der Waals surface area contributed by atoms with Crippen LogP contribution >= 0.6 is 33.9 Å². The third kappa shape index (κ3) is 6.75. The van der Waals surface area contributed by atoms with Crippen LogP contribution in [0.25, 0.3) is 11.8 Å². The van der Waals surface area contributed by atoms with Crippen molar-refractivity contribution in [2.75, 3.05) is 20.8 Å². The lowest BCUT2D eigenvalue weighted by atomic mass is 9.92. The number of benzene rings is 4. The van der Waals surface area contributed by atoms with E-state index < -0.39 is 12.0 Å². The van der Waals surface area contributed by atoms with E-state index in [-0.39, 0.29) is 24.3 Å². The van der Waals surface area contributed by atoms with Crippen LogP contribution in [0.4, 0.5) is 0 Å². The van der Waals surface area contributed by atoms with E-state index in [1.165, 1.54) is 11.3 Å². The molecule has 0 spiro atoms. The largest absolute Gasteiger partial charge is 0.496 e. The molecule has 0 amide bonds. The Kier molecular flexibility index (Phi) is 10.3. The predicted octanol–water partition coefficient (Wildman–Crippen LogP) is 6.01. The van der Waals surface area contributed by atoms with Gasteiger partial charge >= 0.3 is 5.97 Å². The van der Waals surface area contributed by atoms with Crippen molar-refractivity contribution in [3.63, 3.8) is 0 Å². The summed E-state index contributed by atoms with van der Waals surface area (Å²) in [5.74, 6) is 0.952. The molecule has 49 heavy (non-hydrogen) atoms. The number of thiazole rings is 1. The molecule has 4 aromatic carbocycles. The number of nitrogens with zero attached hydrogens (tertiary/aromatic N) is 3. The summed E-state index contributed by atoms with van der Waals surface area (Å²) >= 11 is 3.39. The second-order valence-electron chi connectivity index (χ2n) is 10.8. The molecule has 0 unspecified atom stereocenters. The lowest BCUT2D eigenvalue weighted by Gasteiger charge is -2.27. The van der Waals surface area contributed by atoms with E-state index >= 15 is 0 Å². The molecule has 0 radical (unpaired) electrons. The molecule has 1 aromatic heterocycles. The first kappa shape index (κ1) is 33.7. The normalized spacial score (nSPS) is 14.0. The molecular weight excluding hydrogens is 753 g/mol. The van der Waals surface area contributed by atoms with E-state index in [0.717, 1.165) is 14.7 Å². The van der Waals surface area contributed by atoms with Gasteiger partial charge in [0.25, 0.3) is 5.56 Å². The molecule has 1 atom stereocenters. The molecule has 0 fully saturated rings. The monoisotopic (exact) mass is 783 g/mol. The van der Waals surface area contributed by atoms with Crippen molar-refractivity contribution in [1.82, 2.24) is 4.57 Å². The van der Waals surface area contributed by atoms with Crippen molar-refractivity contribution in [2.45, 2.75) is 19.6 Å². The van der Waals surface area contributed by atoms with E-state index in [9.17, 15) is 14.9 Å². The van der Waals surface area contributed by atoms with Crippen LogP contribution in [0.5, 0.6) is 17.2 Å². The average molecular weight is 784 g/mol.